The van der Waals surface area contributed by atoms with Gasteiger partial charge in [0.05, 0.1) is 12.8 Å². The summed E-state index contributed by atoms with van der Waals surface area (Å²) < 4.78 is 5.50. The minimum absolute atomic E-state index is 0.743. The maximum atomic E-state index is 5.50. The summed E-state index contributed by atoms with van der Waals surface area (Å²) in [5.41, 5.74) is 1.47. The van der Waals surface area contributed by atoms with Crippen LogP contribution in [0.15, 0.2) is 28.9 Å². The lowest BCUT2D eigenvalue weighted by Gasteiger charge is -2.20. The highest BCUT2D eigenvalue weighted by Gasteiger charge is 2.30. The monoisotopic (exact) mass is 290 g/mol. The molecule has 1 N–H and O–H groups in total. The predicted octanol–water partition coefficient (Wildman–Crippen LogP) is 3.53. The average molecular weight is 290 g/mol. The maximum Gasteiger partial charge on any atom is 0.117 e. The Morgan fingerprint density at radius 3 is 2.90 bits per heavy atom. The molecule has 1 saturated carbocycles. The molecule has 3 nitrogen and oxygen atoms in total. The first-order chi connectivity index (χ1) is 9.76. The molecule has 2 heterocycles. The molecule has 0 unspecified atom stereocenters. The number of nitrogens with one attached hydrogen (secondary N) is 1. The molecule has 108 valence electrons. The number of hydrogen-bond donors (Lipinski definition) is 1. The van der Waals surface area contributed by atoms with E-state index in [-0.39, 0.29) is 0 Å². The van der Waals surface area contributed by atoms with E-state index in [9.17, 15) is 0 Å². The molecule has 0 atom stereocenters. The van der Waals surface area contributed by atoms with Gasteiger partial charge in [-0.05, 0) is 50.6 Å². The second kappa shape index (κ2) is 6.12. The highest BCUT2D eigenvalue weighted by Crippen LogP contribution is 2.32. The highest BCUT2D eigenvalue weighted by molar-refractivity contribution is 7.12. The molecule has 3 rings (SSSR count). The van der Waals surface area contributed by atoms with Gasteiger partial charge in [0, 0.05) is 28.9 Å². The summed E-state index contributed by atoms with van der Waals surface area (Å²) in [7, 11) is 2.00. The third kappa shape index (κ3) is 3.32. The first-order valence-corrected chi connectivity index (χ1v) is 8.07. The van der Waals surface area contributed by atoms with Crippen molar-refractivity contribution in [2.75, 3.05) is 7.05 Å². The fourth-order valence-corrected chi connectivity index (χ4v) is 3.65. The molecule has 1 fully saturated rings. The molecule has 0 radical (unpaired) electrons. The van der Waals surface area contributed by atoms with Crippen LogP contribution in [0.1, 0.15) is 33.9 Å². The third-order valence-corrected chi connectivity index (χ3v) is 4.89. The van der Waals surface area contributed by atoms with Gasteiger partial charge in [-0.15, -0.1) is 11.3 Å². The molecule has 0 aliphatic heterocycles. The van der Waals surface area contributed by atoms with Crippen molar-refractivity contribution in [2.45, 2.75) is 45.4 Å². The van der Waals surface area contributed by atoms with E-state index < -0.39 is 0 Å². The first kappa shape index (κ1) is 13.9. The molecule has 4 heteroatoms. The van der Waals surface area contributed by atoms with E-state index in [0.29, 0.717) is 0 Å². The Bertz CT molecular complexity index is 543. The highest BCUT2D eigenvalue weighted by atomic mass is 32.1. The summed E-state index contributed by atoms with van der Waals surface area (Å²) in [4.78, 5) is 5.42. The topological polar surface area (TPSA) is 28.4 Å². The van der Waals surface area contributed by atoms with Crippen LogP contribution in [0.4, 0.5) is 0 Å². The molecule has 0 saturated heterocycles. The largest absolute Gasteiger partial charge is 0.468 e. The summed E-state index contributed by atoms with van der Waals surface area (Å²) in [6.07, 6.45) is 4.42. The second-order valence-corrected chi connectivity index (χ2v) is 6.88. The van der Waals surface area contributed by atoms with Gasteiger partial charge in [0.2, 0.25) is 0 Å². The summed E-state index contributed by atoms with van der Waals surface area (Å²) in [6.45, 7) is 5.16. The Morgan fingerprint density at radius 2 is 2.25 bits per heavy atom. The van der Waals surface area contributed by atoms with Gasteiger partial charge in [0.1, 0.15) is 5.76 Å². The zero-order valence-corrected chi connectivity index (χ0v) is 13.0. The third-order valence-electron chi connectivity index (χ3n) is 3.80. The minimum atomic E-state index is 0.743. The Hall–Kier alpha value is -1.10. The molecule has 0 amide bonds. The van der Waals surface area contributed by atoms with Gasteiger partial charge >= 0.3 is 0 Å². The lowest BCUT2D eigenvalue weighted by Crippen LogP contribution is -2.24. The van der Waals surface area contributed by atoms with E-state index in [0.717, 1.165) is 31.4 Å². The van der Waals surface area contributed by atoms with Gasteiger partial charge in [-0.2, -0.15) is 0 Å². The Morgan fingerprint density at radius 1 is 1.40 bits per heavy atom. The van der Waals surface area contributed by atoms with E-state index >= 15 is 0 Å². The smallest absolute Gasteiger partial charge is 0.117 e. The van der Waals surface area contributed by atoms with Gasteiger partial charge in [0.15, 0.2) is 0 Å². The van der Waals surface area contributed by atoms with Crippen molar-refractivity contribution < 1.29 is 4.42 Å². The van der Waals surface area contributed by atoms with Crippen LogP contribution < -0.4 is 5.32 Å². The van der Waals surface area contributed by atoms with Crippen LogP contribution in [0.5, 0.6) is 0 Å². The lowest BCUT2D eigenvalue weighted by atomic mass is 10.2. The molecule has 0 aromatic carbocycles. The van der Waals surface area contributed by atoms with Crippen LogP contribution in [0.2, 0.25) is 0 Å². The quantitative estimate of drug-likeness (QED) is 0.845. The number of furan rings is 1. The second-order valence-electron chi connectivity index (χ2n) is 5.54. The van der Waals surface area contributed by atoms with E-state index in [1.807, 2.05) is 24.5 Å². The Balaban J connectivity index is 1.69. The summed E-state index contributed by atoms with van der Waals surface area (Å²) in [6, 6.07) is 7.14. The number of hydrogen-bond acceptors (Lipinski definition) is 4. The van der Waals surface area contributed by atoms with E-state index in [1.165, 1.54) is 28.2 Å². The van der Waals surface area contributed by atoms with E-state index in [2.05, 4.69) is 29.3 Å². The molecular weight excluding hydrogens is 268 g/mol. The molecule has 0 spiro atoms. The van der Waals surface area contributed by atoms with Crippen molar-refractivity contribution in [1.82, 2.24) is 10.2 Å². The van der Waals surface area contributed by atoms with E-state index in [4.69, 9.17) is 4.42 Å². The first-order valence-electron chi connectivity index (χ1n) is 7.25. The number of thiophene rings is 1. The number of nitrogens with zero attached hydrogens (tertiary/aromatic N) is 1. The van der Waals surface area contributed by atoms with Crippen LogP contribution in [0.3, 0.4) is 0 Å². The Kier molecular flexibility index (Phi) is 4.24. The molecule has 0 bridgehead atoms. The number of rotatable bonds is 7. The van der Waals surface area contributed by atoms with Crippen molar-refractivity contribution in [2.24, 2.45) is 0 Å². The van der Waals surface area contributed by atoms with E-state index in [1.54, 1.807) is 6.26 Å². The summed E-state index contributed by atoms with van der Waals surface area (Å²) in [5.74, 6) is 1.07. The average Bonchev–Trinajstić information content (AvgIpc) is 3.05. The Labute approximate surface area is 124 Å². The SMILES string of the molecule is CNCc1cc(CN(Cc2ccco2)C2CC2)c(C)s1. The molecule has 20 heavy (non-hydrogen) atoms. The van der Waals surface area contributed by atoms with Gasteiger partial charge in [0.25, 0.3) is 0 Å². The van der Waals surface area contributed by atoms with Gasteiger partial charge in [-0.3, -0.25) is 4.90 Å². The van der Waals surface area contributed by atoms with Gasteiger partial charge in [-0.1, -0.05) is 0 Å². The van der Waals surface area contributed by atoms with Crippen molar-refractivity contribution >= 4 is 11.3 Å². The van der Waals surface area contributed by atoms with Crippen molar-refractivity contribution in [3.63, 3.8) is 0 Å². The van der Waals surface area contributed by atoms with Gasteiger partial charge in [-0.25, -0.2) is 0 Å². The maximum absolute atomic E-state index is 5.50. The predicted molar refractivity (Wildman–Crippen MR) is 82.8 cm³/mol. The number of aryl methyl sites for hydroxylation is 1. The minimum Gasteiger partial charge on any atom is -0.468 e. The van der Waals surface area contributed by atoms with Crippen LogP contribution in [0.25, 0.3) is 0 Å². The summed E-state index contributed by atoms with van der Waals surface area (Å²) >= 11 is 1.91. The molecule has 1 aliphatic rings. The van der Waals surface area contributed by atoms with Gasteiger partial charge < -0.3 is 9.73 Å². The molecular formula is C16H22N2OS. The standard InChI is InChI=1S/C16H22N2OS/c1-12-13(8-16(20-12)9-17-2)10-18(14-5-6-14)11-15-4-3-7-19-15/h3-4,7-8,14,17H,5-6,9-11H2,1-2H3. The fourth-order valence-electron chi connectivity index (χ4n) is 2.58. The fraction of sp³-hybridized carbons (Fsp3) is 0.500. The lowest BCUT2D eigenvalue weighted by molar-refractivity contribution is 0.225. The van der Waals surface area contributed by atoms with Crippen LogP contribution in [-0.4, -0.2) is 18.0 Å². The zero-order valence-electron chi connectivity index (χ0n) is 12.2. The van der Waals surface area contributed by atoms with Crippen molar-refractivity contribution in [1.29, 1.82) is 0 Å². The van der Waals surface area contributed by atoms with Crippen molar-refractivity contribution in [3.8, 4) is 0 Å². The normalized spacial score (nSPS) is 15.2. The van der Waals surface area contributed by atoms with Crippen LogP contribution >= 0.6 is 11.3 Å². The van der Waals surface area contributed by atoms with Crippen LogP contribution in [0, 0.1) is 6.92 Å². The molecule has 2 aromatic heterocycles. The van der Waals surface area contributed by atoms with Crippen LogP contribution in [-0.2, 0) is 19.6 Å². The zero-order chi connectivity index (χ0) is 13.9. The van der Waals surface area contributed by atoms with Crippen molar-refractivity contribution in [3.05, 3.63) is 45.5 Å². The molecule has 2 aromatic rings. The molecule has 1 aliphatic carbocycles. The summed E-state index contributed by atoms with van der Waals surface area (Å²) in [5, 5.41) is 3.23.